The average Bonchev–Trinajstić information content (AvgIpc) is 3.14. The number of aromatic nitrogens is 1. The molecule has 1 amide bonds. The van der Waals surface area contributed by atoms with Crippen LogP contribution in [0.25, 0.3) is 0 Å². The molecule has 0 radical (unpaired) electrons. The number of nitrogens with one attached hydrogen (secondary N) is 1. The number of rotatable bonds is 6. The van der Waals surface area contributed by atoms with Gasteiger partial charge in [0.1, 0.15) is 23.2 Å². The van der Waals surface area contributed by atoms with Crippen LogP contribution in [0, 0.1) is 6.92 Å². The molecule has 0 saturated carbocycles. The van der Waals surface area contributed by atoms with Gasteiger partial charge in [-0.05, 0) is 32.9 Å². The second-order valence-corrected chi connectivity index (χ2v) is 6.98. The van der Waals surface area contributed by atoms with E-state index in [0.717, 1.165) is 29.0 Å². The van der Waals surface area contributed by atoms with E-state index in [1.54, 1.807) is 6.92 Å². The van der Waals surface area contributed by atoms with E-state index >= 15 is 0 Å². The van der Waals surface area contributed by atoms with Crippen LogP contribution in [0.1, 0.15) is 66.6 Å². The fourth-order valence-electron chi connectivity index (χ4n) is 3.23. The molecule has 0 bridgehead atoms. The lowest BCUT2D eigenvalue weighted by Crippen LogP contribution is -2.24. The van der Waals surface area contributed by atoms with Crippen LogP contribution in [-0.2, 0) is 13.0 Å². The molecule has 1 N–H and O–H groups in total. The van der Waals surface area contributed by atoms with E-state index in [9.17, 15) is 4.79 Å². The van der Waals surface area contributed by atoms with Crippen molar-refractivity contribution in [1.82, 2.24) is 10.5 Å². The Bertz CT molecular complexity index is 810. The topological polar surface area (TPSA) is 73.6 Å². The molecule has 6 heteroatoms. The molecular formula is C20H26N2O4. The van der Waals surface area contributed by atoms with Crippen LogP contribution in [0.5, 0.6) is 11.5 Å². The first kappa shape index (κ1) is 18.3. The average molecular weight is 358 g/mol. The number of aryl methyl sites for hydroxylation is 1. The van der Waals surface area contributed by atoms with Gasteiger partial charge >= 0.3 is 0 Å². The summed E-state index contributed by atoms with van der Waals surface area (Å²) >= 11 is 0. The highest BCUT2D eigenvalue weighted by Crippen LogP contribution is 2.35. The molecule has 1 aromatic carbocycles. The summed E-state index contributed by atoms with van der Waals surface area (Å²) in [5, 5.41) is 6.90. The molecule has 140 valence electrons. The predicted molar refractivity (Wildman–Crippen MR) is 97.9 cm³/mol. The van der Waals surface area contributed by atoms with Gasteiger partial charge in [-0.1, -0.05) is 19.0 Å². The van der Waals surface area contributed by atoms with Crippen molar-refractivity contribution < 1.29 is 18.8 Å². The minimum atomic E-state index is -0.190. The van der Waals surface area contributed by atoms with Gasteiger partial charge in [0, 0.05) is 30.0 Å². The molecule has 0 saturated heterocycles. The van der Waals surface area contributed by atoms with Crippen molar-refractivity contribution in [3.63, 3.8) is 0 Å². The van der Waals surface area contributed by atoms with Crippen LogP contribution in [0.3, 0.4) is 0 Å². The fraction of sp³-hybridized carbons (Fsp3) is 0.500. The van der Waals surface area contributed by atoms with Gasteiger partial charge in [0.05, 0.1) is 12.3 Å². The number of ether oxygens (including phenoxy) is 2. The van der Waals surface area contributed by atoms with Crippen LogP contribution in [-0.4, -0.2) is 23.8 Å². The van der Waals surface area contributed by atoms with E-state index in [4.69, 9.17) is 14.0 Å². The third-order valence-electron chi connectivity index (χ3n) is 4.46. The van der Waals surface area contributed by atoms with Crippen molar-refractivity contribution in [2.24, 2.45) is 0 Å². The summed E-state index contributed by atoms with van der Waals surface area (Å²) in [6, 6.07) is 3.99. The first-order chi connectivity index (χ1) is 12.4. The number of amides is 1. The first-order valence-corrected chi connectivity index (χ1v) is 9.10. The summed E-state index contributed by atoms with van der Waals surface area (Å²) in [7, 11) is 0. The van der Waals surface area contributed by atoms with E-state index in [2.05, 4.69) is 10.5 Å². The van der Waals surface area contributed by atoms with Gasteiger partial charge in [-0.25, -0.2) is 0 Å². The Labute approximate surface area is 153 Å². The highest BCUT2D eigenvalue weighted by molar-refractivity contribution is 5.96. The largest absolute Gasteiger partial charge is 0.494 e. The third-order valence-corrected chi connectivity index (χ3v) is 4.46. The van der Waals surface area contributed by atoms with E-state index in [1.807, 2.05) is 39.8 Å². The summed E-state index contributed by atoms with van der Waals surface area (Å²) in [6.45, 7) is 10.6. The van der Waals surface area contributed by atoms with Gasteiger partial charge in [0.15, 0.2) is 5.76 Å². The number of hydrogen-bond acceptors (Lipinski definition) is 5. The second-order valence-electron chi connectivity index (χ2n) is 6.98. The smallest absolute Gasteiger partial charge is 0.257 e. The number of carbonyl (C=O) groups excluding carboxylic acids is 1. The summed E-state index contributed by atoms with van der Waals surface area (Å²) in [5.41, 5.74) is 3.16. The monoisotopic (exact) mass is 358 g/mol. The van der Waals surface area contributed by atoms with Crippen LogP contribution in [0.4, 0.5) is 0 Å². The third kappa shape index (κ3) is 3.54. The highest BCUT2D eigenvalue weighted by Gasteiger charge is 2.24. The normalized spacial score (nSPS) is 15.7. The Balaban J connectivity index is 1.80. The van der Waals surface area contributed by atoms with E-state index in [1.165, 1.54) is 0 Å². The number of benzene rings is 1. The molecular weight excluding hydrogens is 332 g/mol. The van der Waals surface area contributed by atoms with Crippen molar-refractivity contribution in [3.8, 4) is 11.5 Å². The van der Waals surface area contributed by atoms with Crippen LogP contribution >= 0.6 is 0 Å². The molecule has 0 fully saturated rings. The summed E-state index contributed by atoms with van der Waals surface area (Å²) in [5.74, 6) is 2.16. The number of carbonyl (C=O) groups is 1. The second kappa shape index (κ2) is 7.40. The number of fused-ring (bicyclic) bond motifs is 1. The maximum Gasteiger partial charge on any atom is 0.257 e. The van der Waals surface area contributed by atoms with Crippen LogP contribution in [0.2, 0.25) is 0 Å². The van der Waals surface area contributed by atoms with Crippen molar-refractivity contribution in [2.75, 3.05) is 6.61 Å². The lowest BCUT2D eigenvalue weighted by atomic mass is 10.0. The molecule has 26 heavy (non-hydrogen) atoms. The van der Waals surface area contributed by atoms with Crippen LogP contribution < -0.4 is 14.8 Å². The zero-order chi connectivity index (χ0) is 18.8. The summed E-state index contributed by atoms with van der Waals surface area (Å²) < 4.78 is 16.9. The molecule has 1 aliphatic rings. The van der Waals surface area contributed by atoms with Crippen LogP contribution in [0.15, 0.2) is 16.7 Å². The van der Waals surface area contributed by atoms with E-state index in [0.29, 0.717) is 30.2 Å². The quantitative estimate of drug-likeness (QED) is 0.851. The lowest BCUT2D eigenvalue weighted by Gasteiger charge is -2.13. The summed E-state index contributed by atoms with van der Waals surface area (Å²) in [4.78, 5) is 12.7. The van der Waals surface area contributed by atoms with Gasteiger partial charge < -0.3 is 19.3 Å². The van der Waals surface area contributed by atoms with Crippen molar-refractivity contribution in [3.05, 3.63) is 40.3 Å². The standard InChI is InChI=1S/C20H26N2O4/c1-6-24-16-8-14-7-12(4)25-17(14)9-15(16)10-21-20(23)18-13(5)22-26-19(18)11(2)3/h8-9,11-12H,6-7,10H2,1-5H3,(H,21,23)/t12-/m0/s1. The molecule has 0 aliphatic carbocycles. The molecule has 2 heterocycles. The van der Waals surface area contributed by atoms with Gasteiger partial charge in [-0.2, -0.15) is 0 Å². The maximum absolute atomic E-state index is 12.7. The molecule has 2 aromatic rings. The van der Waals surface area contributed by atoms with Gasteiger partial charge in [0.2, 0.25) is 0 Å². The highest BCUT2D eigenvalue weighted by atomic mass is 16.5. The van der Waals surface area contributed by atoms with Gasteiger partial charge in [0.25, 0.3) is 5.91 Å². The minimum absolute atomic E-state index is 0.0887. The molecule has 1 aliphatic heterocycles. The molecule has 3 rings (SSSR count). The fourth-order valence-corrected chi connectivity index (χ4v) is 3.23. The number of hydrogen-bond donors (Lipinski definition) is 1. The zero-order valence-electron chi connectivity index (χ0n) is 16.0. The first-order valence-electron chi connectivity index (χ1n) is 9.10. The SMILES string of the molecule is CCOc1cc2c(cc1CNC(=O)c1c(C)noc1C(C)C)O[C@@H](C)C2. The molecule has 1 aromatic heterocycles. The Morgan fingerprint density at radius 3 is 2.88 bits per heavy atom. The Hall–Kier alpha value is -2.50. The molecule has 0 unspecified atom stereocenters. The maximum atomic E-state index is 12.7. The van der Waals surface area contributed by atoms with Gasteiger partial charge in [-0.3, -0.25) is 4.79 Å². The molecule has 0 spiro atoms. The van der Waals surface area contributed by atoms with E-state index in [-0.39, 0.29) is 17.9 Å². The van der Waals surface area contributed by atoms with E-state index < -0.39 is 0 Å². The Morgan fingerprint density at radius 1 is 1.42 bits per heavy atom. The molecule has 6 nitrogen and oxygen atoms in total. The van der Waals surface area contributed by atoms with Crippen molar-refractivity contribution >= 4 is 5.91 Å². The molecule has 1 atom stereocenters. The van der Waals surface area contributed by atoms with Crippen molar-refractivity contribution in [2.45, 2.75) is 59.6 Å². The van der Waals surface area contributed by atoms with Crippen molar-refractivity contribution in [1.29, 1.82) is 0 Å². The Kier molecular flexibility index (Phi) is 5.20. The summed E-state index contributed by atoms with van der Waals surface area (Å²) in [6.07, 6.45) is 1.04. The Morgan fingerprint density at radius 2 is 2.19 bits per heavy atom. The lowest BCUT2D eigenvalue weighted by molar-refractivity contribution is 0.0947. The zero-order valence-corrected chi connectivity index (χ0v) is 16.0. The number of nitrogens with zero attached hydrogens (tertiary/aromatic N) is 1. The predicted octanol–water partition coefficient (Wildman–Crippen LogP) is 3.76. The van der Waals surface area contributed by atoms with Gasteiger partial charge in [-0.15, -0.1) is 0 Å². The minimum Gasteiger partial charge on any atom is -0.494 e.